The highest BCUT2D eigenvalue weighted by Gasteiger charge is 2.22. The fourth-order valence-electron chi connectivity index (χ4n) is 10.5. The smallest absolute Gasteiger partial charge is 0.165 e. The minimum atomic E-state index is 0.792. The second kappa shape index (κ2) is 14.8. The molecule has 0 amide bonds. The zero-order valence-corrected chi connectivity index (χ0v) is 36.4. The van der Waals surface area contributed by atoms with Gasteiger partial charge >= 0.3 is 0 Å². The first-order chi connectivity index (χ1) is 33.2. The summed E-state index contributed by atoms with van der Waals surface area (Å²) in [6, 6.07) is 86.0. The normalized spacial score (nSPS) is 11.9. The Bertz CT molecular complexity index is 4330. The third kappa shape index (κ3) is 6.13. The largest absolute Gasteiger partial charge is 0.292 e. The van der Waals surface area contributed by atoms with E-state index in [0.29, 0.717) is 0 Å². The molecular weight excluding hydrogens is 811 g/mol. The summed E-state index contributed by atoms with van der Waals surface area (Å²) in [5.41, 5.74) is 12.5. The van der Waals surface area contributed by atoms with Crippen molar-refractivity contribution in [3.8, 4) is 50.5 Å². The minimum absolute atomic E-state index is 0.792. The Labute approximate surface area is 386 Å². The molecule has 14 aromatic rings. The van der Waals surface area contributed by atoms with E-state index in [1.807, 2.05) is 0 Å². The number of rotatable bonds is 5. The summed E-state index contributed by atoms with van der Waals surface area (Å²) in [5, 5.41) is 14.5. The van der Waals surface area contributed by atoms with Crippen LogP contribution in [-0.2, 0) is 0 Å². The van der Waals surface area contributed by atoms with Gasteiger partial charge in [-0.2, -0.15) is 0 Å². The summed E-state index contributed by atoms with van der Waals surface area (Å²) >= 11 is 0. The fraction of sp³-hybridized carbons (Fsp3) is 0. The molecule has 67 heavy (non-hydrogen) atoms. The second-order valence-corrected chi connectivity index (χ2v) is 17.8. The van der Waals surface area contributed by atoms with Gasteiger partial charge in [-0.05, 0) is 142 Å². The van der Waals surface area contributed by atoms with E-state index in [9.17, 15) is 0 Å². The van der Waals surface area contributed by atoms with Crippen molar-refractivity contribution >= 4 is 86.7 Å². The number of nitrogens with zero attached hydrogens (tertiary/aromatic N) is 3. The van der Waals surface area contributed by atoms with Gasteiger partial charge in [0.25, 0.3) is 0 Å². The zero-order valence-electron chi connectivity index (χ0n) is 36.4. The Morgan fingerprint density at radius 3 is 1.51 bits per heavy atom. The lowest BCUT2D eigenvalue weighted by Crippen LogP contribution is -2.04. The SMILES string of the molecule is c1ccc(-c2cc3nc(-c4ccc5ccccc5c4)c(-n4c5ccc(-c6ccc7c(ccc8ccccc87)c6)cc5c5cc6ccccc6cc54)nc3cc2-c2ccc3ccccc3c2)cc1. The molecule has 2 aromatic heterocycles. The molecule has 0 aliphatic heterocycles. The Kier molecular flexibility index (Phi) is 8.28. The van der Waals surface area contributed by atoms with E-state index in [2.05, 4.69) is 241 Å². The first-order valence-corrected chi connectivity index (χ1v) is 23.0. The second-order valence-electron chi connectivity index (χ2n) is 17.8. The average Bonchev–Trinajstić information content (AvgIpc) is 3.71. The number of fused-ring (bicyclic) bond motifs is 10. The predicted octanol–water partition coefficient (Wildman–Crippen LogP) is 17.2. The number of aromatic nitrogens is 3. The Morgan fingerprint density at radius 2 is 0.746 bits per heavy atom. The minimum Gasteiger partial charge on any atom is -0.292 e. The number of benzene rings is 12. The Morgan fingerprint density at radius 1 is 0.254 bits per heavy atom. The van der Waals surface area contributed by atoms with Crippen LogP contribution in [0.1, 0.15) is 0 Å². The van der Waals surface area contributed by atoms with Gasteiger partial charge in [-0.3, -0.25) is 4.57 Å². The lowest BCUT2D eigenvalue weighted by atomic mass is 9.92. The van der Waals surface area contributed by atoms with Gasteiger partial charge < -0.3 is 0 Å². The van der Waals surface area contributed by atoms with E-state index in [0.717, 1.165) is 66.8 Å². The van der Waals surface area contributed by atoms with Crippen LogP contribution in [-0.4, -0.2) is 14.5 Å². The van der Waals surface area contributed by atoms with Crippen molar-refractivity contribution in [2.45, 2.75) is 0 Å². The molecule has 0 atom stereocenters. The molecule has 0 spiro atoms. The highest BCUT2D eigenvalue weighted by molar-refractivity contribution is 6.15. The van der Waals surface area contributed by atoms with Gasteiger partial charge in [-0.25, -0.2) is 9.97 Å². The van der Waals surface area contributed by atoms with Crippen molar-refractivity contribution in [3.05, 3.63) is 237 Å². The molecule has 0 fully saturated rings. The standard InChI is InChI=1S/C64H39N3/c1-2-14-42(15-3-1)55-38-59-60(39-56(55)51-25-22-40-12-4-6-17-44(40)32-51)66-64(63(65-59)52-27-23-41-13-5-7-18-45(41)34-52)67-61-31-29-49(36-57(61)58-35-46-19-8-9-20-47(46)37-62(58)67)48-28-30-54-50(33-48)26-24-43-16-10-11-21-53(43)54/h1-39H. The van der Waals surface area contributed by atoms with Crippen molar-refractivity contribution in [1.29, 1.82) is 0 Å². The topological polar surface area (TPSA) is 30.7 Å². The van der Waals surface area contributed by atoms with E-state index in [1.165, 1.54) is 70.4 Å². The molecule has 12 aromatic carbocycles. The van der Waals surface area contributed by atoms with E-state index < -0.39 is 0 Å². The lowest BCUT2D eigenvalue weighted by molar-refractivity contribution is 1.08. The third-order valence-corrected chi connectivity index (χ3v) is 13.9. The van der Waals surface area contributed by atoms with Crippen LogP contribution in [0, 0.1) is 0 Å². The highest BCUT2D eigenvalue weighted by atomic mass is 15.1. The van der Waals surface area contributed by atoms with Crippen LogP contribution in [0.2, 0.25) is 0 Å². The summed E-state index contributed by atoms with van der Waals surface area (Å²) in [4.78, 5) is 11.5. The van der Waals surface area contributed by atoms with Crippen LogP contribution in [0.15, 0.2) is 237 Å². The van der Waals surface area contributed by atoms with Gasteiger partial charge in [0.1, 0.15) is 5.69 Å². The Balaban J connectivity index is 1.05. The van der Waals surface area contributed by atoms with Crippen molar-refractivity contribution in [1.82, 2.24) is 14.5 Å². The highest BCUT2D eigenvalue weighted by Crippen LogP contribution is 2.42. The summed E-state index contributed by atoms with van der Waals surface area (Å²) in [5.74, 6) is 0.792. The van der Waals surface area contributed by atoms with Gasteiger partial charge in [-0.1, -0.05) is 182 Å². The van der Waals surface area contributed by atoms with Crippen LogP contribution in [0.3, 0.4) is 0 Å². The monoisotopic (exact) mass is 849 g/mol. The van der Waals surface area contributed by atoms with Crippen molar-refractivity contribution in [3.63, 3.8) is 0 Å². The molecule has 0 saturated carbocycles. The molecule has 0 aliphatic rings. The first-order valence-electron chi connectivity index (χ1n) is 23.0. The summed E-state index contributed by atoms with van der Waals surface area (Å²) in [6.45, 7) is 0. The van der Waals surface area contributed by atoms with Crippen molar-refractivity contribution in [2.24, 2.45) is 0 Å². The number of hydrogen-bond acceptors (Lipinski definition) is 2. The molecule has 3 heteroatoms. The molecular formula is C64H39N3. The summed E-state index contributed by atoms with van der Waals surface area (Å²) in [7, 11) is 0. The summed E-state index contributed by atoms with van der Waals surface area (Å²) in [6.07, 6.45) is 0. The van der Waals surface area contributed by atoms with Gasteiger partial charge in [0, 0.05) is 16.3 Å². The average molecular weight is 850 g/mol. The quantitative estimate of drug-likeness (QED) is 0.162. The van der Waals surface area contributed by atoms with Crippen LogP contribution in [0.5, 0.6) is 0 Å². The predicted molar refractivity (Wildman–Crippen MR) is 283 cm³/mol. The number of hydrogen-bond donors (Lipinski definition) is 0. The third-order valence-electron chi connectivity index (χ3n) is 13.9. The van der Waals surface area contributed by atoms with Gasteiger partial charge in [0.05, 0.1) is 22.1 Å². The lowest BCUT2D eigenvalue weighted by Gasteiger charge is -2.17. The molecule has 0 N–H and O–H groups in total. The molecule has 0 bridgehead atoms. The van der Waals surface area contributed by atoms with Crippen molar-refractivity contribution in [2.75, 3.05) is 0 Å². The van der Waals surface area contributed by atoms with Crippen molar-refractivity contribution < 1.29 is 0 Å². The van der Waals surface area contributed by atoms with E-state index in [-0.39, 0.29) is 0 Å². The fourth-order valence-corrected chi connectivity index (χ4v) is 10.5. The maximum Gasteiger partial charge on any atom is 0.165 e. The van der Waals surface area contributed by atoms with E-state index in [4.69, 9.17) is 9.97 Å². The van der Waals surface area contributed by atoms with Gasteiger partial charge in [-0.15, -0.1) is 0 Å². The van der Waals surface area contributed by atoms with Gasteiger partial charge in [0.15, 0.2) is 5.82 Å². The van der Waals surface area contributed by atoms with Crippen LogP contribution in [0.4, 0.5) is 0 Å². The molecule has 2 heterocycles. The molecule has 310 valence electrons. The van der Waals surface area contributed by atoms with Crippen LogP contribution >= 0.6 is 0 Å². The molecule has 0 unspecified atom stereocenters. The molecule has 3 nitrogen and oxygen atoms in total. The van der Waals surface area contributed by atoms with E-state index in [1.54, 1.807) is 0 Å². The van der Waals surface area contributed by atoms with Crippen LogP contribution in [0.25, 0.3) is 137 Å². The molecule has 0 saturated heterocycles. The van der Waals surface area contributed by atoms with Crippen LogP contribution < -0.4 is 0 Å². The Hall–Kier alpha value is -8.92. The molecule has 0 aliphatic carbocycles. The maximum atomic E-state index is 5.78. The first kappa shape index (κ1) is 37.5. The van der Waals surface area contributed by atoms with E-state index >= 15 is 0 Å². The zero-order chi connectivity index (χ0) is 44.0. The van der Waals surface area contributed by atoms with Gasteiger partial charge in [0.2, 0.25) is 0 Å². The summed E-state index contributed by atoms with van der Waals surface area (Å²) < 4.78 is 2.37. The molecule has 14 rings (SSSR count). The maximum absolute atomic E-state index is 5.78. The molecule has 0 radical (unpaired) electrons.